The summed E-state index contributed by atoms with van der Waals surface area (Å²) in [6.07, 6.45) is 5.46. The highest BCUT2D eigenvalue weighted by atomic mass is 16.5. The Labute approximate surface area is 190 Å². The van der Waals surface area contributed by atoms with E-state index in [2.05, 4.69) is 65.1 Å². The summed E-state index contributed by atoms with van der Waals surface area (Å²) in [6, 6.07) is 13.1. The zero-order chi connectivity index (χ0) is 22.3. The second-order valence-electron chi connectivity index (χ2n) is 8.55. The highest BCUT2D eigenvalue weighted by Crippen LogP contribution is 2.24. The van der Waals surface area contributed by atoms with E-state index in [4.69, 9.17) is 14.5 Å². The third-order valence-corrected chi connectivity index (χ3v) is 5.74. The molecule has 3 heterocycles. The molecule has 1 aromatic carbocycles. The molecular formula is C26H32N4O2. The van der Waals surface area contributed by atoms with Crippen molar-refractivity contribution in [3.8, 4) is 0 Å². The van der Waals surface area contributed by atoms with Crippen LogP contribution >= 0.6 is 0 Å². The number of aryl methyl sites for hydroxylation is 2. The van der Waals surface area contributed by atoms with Gasteiger partial charge in [0.05, 0.1) is 18.9 Å². The first-order valence-electron chi connectivity index (χ1n) is 11.2. The highest BCUT2D eigenvalue weighted by Gasteiger charge is 2.24. The SMILES string of the molecule is COCCc1ncc(CN2CCOC(c3cc(Cc4ccc(C)cc4)cc(C)n3)C2)cn1. The lowest BCUT2D eigenvalue weighted by Crippen LogP contribution is -2.38. The molecule has 1 unspecified atom stereocenters. The van der Waals surface area contributed by atoms with Gasteiger partial charge in [0, 0.05) is 56.8 Å². The Bertz CT molecular complexity index is 1010. The van der Waals surface area contributed by atoms with Gasteiger partial charge in [-0.3, -0.25) is 9.88 Å². The van der Waals surface area contributed by atoms with Gasteiger partial charge in [0.1, 0.15) is 11.9 Å². The molecule has 32 heavy (non-hydrogen) atoms. The van der Waals surface area contributed by atoms with Gasteiger partial charge in [0.15, 0.2) is 0 Å². The lowest BCUT2D eigenvalue weighted by Gasteiger charge is -2.32. The van der Waals surface area contributed by atoms with Crippen molar-refractivity contribution in [1.29, 1.82) is 0 Å². The van der Waals surface area contributed by atoms with Crippen molar-refractivity contribution in [2.45, 2.75) is 39.3 Å². The number of benzene rings is 1. The van der Waals surface area contributed by atoms with Crippen LogP contribution in [0.25, 0.3) is 0 Å². The van der Waals surface area contributed by atoms with Gasteiger partial charge < -0.3 is 9.47 Å². The summed E-state index contributed by atoms with van der Waals surface area (Å²) in [5.41, 5.74) is 7.04. The number of morpholine rings is 1. The normalized spacial score (nSPS) is 16.9. The third kappa shape index (κ3) is 6.19. The fraction of sp³-hybridized carbons (Fsp3) is 0.423. The van der Waals surface area contributed by atoms with E-state index in [9.17, 15) is 0 Å². The molecule has 1 atom stereocenters. The Morgan fingerprint density at radius 3 is 2.56 bits per heavy atom. The van der Waals surface area contributed by atoms with Crippen LogP contribution < -0.4 is 0 Å². The van der Waals surface area contributed by atoms with E-state index in [-0.39, 0.29) is 6.10 Å². The first kappa shape index (κ1) is 22.5. The fourth-order valence-corrected chi connectivity index (χ4v) is 4.05. The van der Waals surface area contributed by atoms with E-state index < -0.39 is 0 Å². The maximum Gasteiger partial charge on any atom is 0.130 e. The third-order valence-electron chi connectivity index (χ3n) is 5.74. The number of hydrogen-bond acceptors (Lipinski definition) is 6. The number of rotatable bonds is 8. The zero-order valence-corrected chi connectivity index (χ0v) is 19.3. The number of ether oxygens (including phenoxy) is 2. The minimum atomic E-state index is -0.0256. The van der Waals surface area contributed by atoms with Crippen LogP contribution in [0.15, 0.2) is 48.8 Å². The molecule has 168 valence electrons. The molecule has 2 aromatic heterocycles. The zero-order valence-electron chi connectivity index (χ0n) is 19.3. The second kappa shape index (κ2) is 10.8. The molecule has 6 nitrogen and oxygen atoms in total. The summed E-state index contributed by atoms with van der Waals surface area (Å²) < 4.78 is 11.2. The fourth-order valence-electron chi connectivity index (χ4n) is 4.05. The number of methoxy groups -OCH3 is 1. The van der Waals surface area contributed by atoms with Crippen LogP contribution in [0.5, 0.6) is 0 Å². The number of hydrogen-bond donors (Lipinski definition) is 0. The number of aromatic nitrogens is 3. The summed E-state index contributed by atoms with van der Waals surface area (Å²) in [5.74, 6) is 0.820. The quantitative estimate of drug-likeness (QED) is 0.539. The van der Waals surface area contributed by atoms with Gasteiger partial charge in [-0.1, -0.05) is 29.8 Å². The Morgan fingerprint density at radius 1 is 1.03 bits per heavy atom. The number of pyridine rings is 1. The lowest BCUT2D eigenvalue weighted by molar-refractivity contribution is -0.0351. The molecule has 0 bridgehead atoms. The molecule has 3 aromatic rings. The predicted molar refractivity (Wildman–Crippen MR) is 125 cm³/mol. The van der Waals surface area contributed by atoms with Crippen LogP contribution in [0.1, 0.15) is 45.6 Å². The molecular weight excluding hydrogens is 400 g/mol. The molecule has 6 heteroatoms. The van der Waals surface area contributed by atoms with Crippen LogP contribution in [0.3, 0.4) is 0 Å². The Balaban J connectivity index is 1.41. The number of nitrogens with zero attached hydrogens (tertiary/aromatic N) is 4. The molecule has 4 rings (SSSR count). The van der Waals surface area contributed by atoms with Crippen LogP contribution in [0.4, 0.5) is 0 Å². The summed E-state index contributed by atoms with van der Waals surface area (Å²) in [6.45, 7) is 8.03. The smallest absolute Gasteiger partial charge is 0.130 e. The Morgan fingerprint density at radius 2 is 1.81 bits per heavy atom. The standard InChI is InChI=1S/C26H32N4O2/c1-19-4-6-21(7-5-19)13-22-12-20(2)29-24(14-22)25-18-30(9-11-32-25)17-23-15-27-26(28-16-23)8-10-31-3/h4-7,12,14-16,25H,8-11,13,17-18H2,1-3H3. The van der Waals surface area contributed by atoms with Crippen molar-refractivity contribution in [2.24, 2.45) is 0 Å². The largest absolute Gasteiger partial charge is 0.384 e. The van der Waals surface area contributed by atoms with Gasteiger partial charge in [0.2, 0.25) is 0 Å². The minimum absolute atomic E-state index is 0.0256. The summed E-state index contributed by atoms with van der Waals surface area (Å²) >= 11 is 0. The van der Waals surface area contributed by atoms with Crippen LogP contribution in [0, 0.1) is 13.8 Å². The van der Waals surface area contributed by atoms with Crippen molar-refractivity contribution in [2.75, 3.05) is 33.4 Å². The van der Waals surface area contributed by atoms with Gasteiger partial charge in [0.25, 0.3) is 0 Å². The van der Waals surface area contributed by atoms with E-state index in [0.29, 0.717) is 13.2 Å². The topological polar surface area (TPSA) is 60.4 Å². The molecule has 1 aliphatic rings. The molecule has 0 N–H and O–H groups in total. The van der Waals surface area contributed by atoms with Gasteiger partial charge >= 0.3 is 0 Å². The van der Waals surface area contributed by atoms with Gasteiger partial charge in [-0.25, -0.2) is 9.97 Å². The van der Waals surface area contributed by atoms with Crippen LogP contribution in [-0.2, 0) is 28.9 Å². The van der Waals surface area contributed by atoms with Crippen molar-refractivity contribution in [3.05, 3.63) is 88.3 Å². The monoisotopic (exact) mass is 432 g/mol. The van der Waals surface area contributed by atoms with E-state index >= 15 is 0 Å². The van der Waals surface area contributed by atoms with Gasteiger partial charge in [-0.05, 0) is 43.5 Å². The van der Waals surface area contributed by atoms with E-state index in [1.54, 1.807) is 7.11 Å². The summed E-state index contributed by atoms with van der Waals surface area (Å²) in [5, 5.41) is 0. The average Bonchev–Trinajstić information content (AvgIpc) is 2.80. The first-order chi connectivity index (χ1) is 15.6. The van der Waals surface area contributed by atoms with Gasteiger partial charge in [-0.15, -0.1) is 0 Å². The molecule has 1 saturated heterocycles. The highest BCUT2D eigenvalue weighted by molar-refractivity contribution is 5.31. The van der Waals surface area contributed by atoms with E-state index in [1.807, 2.05) is 12.4 Å². The maximum absolute atomic E-state index is 6.12. The Kier molecular flexibility index (Phi) is 7.58. The molecule has 0 amide bonds. The van der Waals surface area contributed by atoms with Crippen LogP contribution in [-0.4, -0.2) is 53.3 Å². The van der Waals surface area contributed by atoms with Crippen molar-refractivity contribution >= 4 is 0 Å². The molecule has 1 aliphatic heterocycles. The lowest BCUT2D eigenvalue weighted by atomic mass is 10.0. The summed E-state index contributed by atoms with van der Waals surface area (Å²) in [4.78, 5) is 16.1. The Hall–Kier alpha value is -2.67. The second-order valence-corrected chi connectivity index (χ2v) is 8.55. The van der Waals surface area contributed by atoms with Crippen molar-refractivity contribution in [1.82, 2.24) is 19.9 Å². The maximum atomic E-state index is 6.12. The van der Waals surface area contributed by atoms with E-state index in [0.717, 1.165) is 55.3 Å². The molecule has 0 saturated carbocycles. The van der Waals surface area contributed by atoms with Crippen molar-refractivity contribution < 1.29 is 9.47 Å². The molecule has 0 radical (unpaired) electrons. The van der Waals surface area contributed by atoms with Crippen molar-refractivity contribution in [3.63, 3.8) is 0 Å². The predicted octanol–water partition coefficient (Wildman–Crippen LogP) is 3.84. The summed E-state index contributed by atoms with van der Waals surface area (Å²) in [7, 11) is 1.69. The average molecular weight is 433 g/mol. The van der Waals surface area contributed by atoms with Crippen LogP contribution in [0.2, 0.25) is 0 Å². The first-order valence-corrected chi connectivity index (χ1v) is 11.2. The molecule has 0 aliphatic carbocycles. The molecule has 0 spiro atoms. The van der Waals surface area contributed by atoms with Gasteiger partial charge in [-0.2, -0.15) is 0 Å². The molecule has 1 fully saturated rings. The van der Waals surface area contributed by atoms with E-state index in [1.165, 1.54) is 16.7 Å². The minimum Gasteiger partial charge on any atom is -0.384 e.